The lowest BCUT2D eigenvalue weighted by molar-refractivity contribution is -0.123. The number of carbonyl (C=O) groups excluding carboxylic acids is 1. The summed E-state index contributed by atoms with van der Waals surface area (Å²) in [6, 6.07) is 3.03. The van der Waals surface area contributed by atoms with E-state index in [2.05, 4.69) is 4.72 Å². The number of aliphatic hydroxyl groups excluding tert-OH is 1. The van der Waals surface area contributed by atoms with Gasteiger partial charge in [-0.1, -0.05) is 19.3 Å². The van der Waals surface area contributed by atoms with Gasteiger partial charge in [-0.05, 0) is 37.5 Å². The molecule has 0 spiro atoms. The summed E-state index contributed by atoms with van der Waals surface area (Å²) in [5.41, 5.74) is 0.623. The van der Waals surface area contributed by atoms with Gasteiger partial charge in [-0.15, -0.1) is 0 Å². The second-order valence-corrected chi connectivity index (χ2v) is 10.3. The highest BCUT2D eigenvalue weighted by Gasteiger charge is 2.36. The van der Waals surface area contributed by atoms with Gasteiger partial charge in [0.2, 0.25) is 10.0 Å². The molecule has 0 saturated heterocycles. The van der Waals surface area contributed by atoms with E-state index in [1.54, 1.807) is 6.07 Å². The minimum Gasteiger partial charge on any atom is -0.490 e. The number of fused-ring (bicyclic) bond motifs is 1. The number of sulfonamides is 1. The van der Waals surface area contributed by atoms with Crippen molar-refractivity contribution in [3.05, 3.63) is 18.2 Å². The molecule has 0 radical (unpaired) electrons. The van der Waals surface area contributed by atoms with Crippen molar-refractivity contribution in [3.63, 3.8) is 0 Å². The van der Waals surface area contributed by atoms with Gasteiger partial charge in [0.05, 0.1) is 23.2 Å². The van der Waals surface area contributed by atoms with Crippen molar-refractivity contribution in [2.75, 3.05) is 25.1 Å². The standard InChI is InChI=1S/C20H31BN2O7S/c1-13(24)20(18(25)11-15(21(26)27)10-14-4-3-5-14)22-31(28,29)16-6-7-19-17(12-16)23(2)8-9-30-19/h6-7,12-15,20,22,24,26-27H,3-5,8-11H2,1-2H3/t13-,15+,20-/m0/s1. The van der Waals surface area contributed by atoms with E-state index in [1.807, 2.05) is 11.9 Å². The average molecular weight is 454 g/mol. The Hall–Kier alpha value is -1.66. The summed E-state index contributed by atoms with van der Waals surface area (Å²) in [7, 11) is -3.96. The van der Waals surface area contributed by atoms with E-state index in [9.17, 15) is 28.4 Å². The monoisotopic (exact) mass is 454 g/mol. The number of carbonyl (C=O) groups is 1. The van der Waals surface area contributed by atoms with Gasteiger partial charge in [-0.2, -0.15) is 4.72 Å². The Kier molecular flexibility index (Phi) is 7.64. The van der Waals surface area contributed by atoms with E-state index >= 15 is 0 Å². The molecule has 1 aliphatic carbocycles. The summed E-state index contributed by atoms with van der Waals surface area (Å²) in [4.78, 5) is 14.7. The van der Waals surface area contributed by atoms with Crippen molar-refractivity contribution < 1.29 is 33.1 Å². The van der Waals surface area contributed by atoms with Crippen LogP contribution in [0, 0.1) is 5.92 Å². The highest BCUT2D eigenvalue weighted by atomic mass is 32.2. The van der Waals surface area contributed by atoms with Crippen LogP contribution in [0.25, 0.3) is 0 Å². The van der Waals surface area contributed by atoms with Gasteiger partial charge in [-0.25, -0.2) is 8.42 Å². The minimum absolute atomic E-state index is 0.0461. The Morgan fingerprint density at radius 2 is 2.06 bits per heavy atom. The van der Waals surface area contributed by atoms with Crippen LogP contribution in [0.3, 0.4) is 0 Å². The number of likely N-dealkylation sites (N-methyl/N-ethyl adjacent to an activating group) is 1. The van der Waals surface area contributed by atoms with Crippen molar-refractivity contribution in [2.24, 2.45) is 5.92 Å². The molecule has 9 nitrogen and oxygen atoms in total. The zero-order chi connectivity index (χ0) is 22.8. The van der Waals surface area contributed by atoms with Crippen molar-refractivity contribution in [3.8, 4) is 5.75 Å². The summed E-state index contributed by atoms with van der Waals surface area (Å²) >= 11 is 0. The van der Waals surface area contributed by atoms with Crippen LogP contribution in [0.5, 0.6) is 5.75 Å². The number of hydrogen-bond acceptors (Lipinski definition) is 8. The molecule has 3 rings (SSSR count). The first-order chi connectivity index (χ1) is 14.6. The van der Waals surface area contributed by atoms with Crippen LogP contribution in [-0.4, -0.2) is 68.8 Å². The number of aliphatic hydroxyl groups is 1. The van der Waals surface area contributed by atoms with Crippen LogP contribution in [0.15, 0.2) is 23.1 Å². The Morgan fingerprint density at radius 3 is 2.65 bits per heavy atom. The van der Waals surface area contributed by atoms with Gasteiger partial charge in [0.25, 0.3) is 0 Å². The molecule has 4 N–H and O–H groups in total. The Balaban J connectivity index is 1.75. The minimum atomic E-state index is -4.12. The van der Waals surface area contributed by atoms with E-state index < -0.39 is 40.9 Å². The Morgan fingerprint density at radius 1 is 1.35 bits per heavy atom. The number of anilines is 1. The summed E-state index contributed by atoms with van der Waals surface area (Å²) in [6.07, 6.45) is 2.03. The van der Waals surface area contributed by atoms with Gasteiger partial charge in [-0.3, -0.25) is 4.79 Å². The maximum absolute atomic E-state index is 13.0. The number of Topliss-reactive ketones (excluding diaryl/α,β-unsaturated/α-hetero) is 1. The zero-order valence-corrected chi connectivity index (χ0v) is 18.7. The van der Waals surface area contributed by atoms with Gasteiger partial charge in [0, 0.05) is 19.3 Å². The molecule has 1 saturated carbocycles. The first kappa shape index (κ1) is 24.0. The van der Waals surface area contributed by atoms with Crippen LogP contribution in [-0.2, 0) is 14.8 Å². The number of nitrogens with zero attached hydrogens (tertiary/aromatic N) is 1. The van der Waals surface area contributed by atoms with E-state index in [4.69, 9.17) is 4.74 Å². The number of benzene rings is 1. The summed E-state index contributed by atoms with van der Waals surface area (Å²) in [6.45, 7) is 2.45. The van der Waals surface area contributed by atoms with Gasteiger partial charge in [0.1, 0.15) is 18.4 Å². The predicted molar refractivity (Wildman–Crippen MR) is 117 cm³/mol. The highest BCUT2D eigenvalue weighted by Crippen LogP contribution is 2.36. The molecule has 0 aromatic heterocycles. The summed E-state index contributed by atoms with van der Waals surface area (Å²) in [5.74, 6) is -0.352. The lowest BCUT2D eigenvalue weighted by atomic mass is 9.63. The van der Waals surface area contributed by atoms with Crippen LogP contribution in [0.1, 0.15) is 39.0 Å². The average Bonchev–Trinajstić information content (AvgIpc) is 2.67. The summed E-state index contributed by atoms with van der Waals surface area (Å²) < 4.78 is 33.8. The number of hydrogen-bond donors (Lipinski definition) is 4. The second-order valence-electron chi connectivity index (χ2n) is 8.62. The third-order valence-electron chi connectivity index (χ3n) is 6.19. The Labute approximate surface area is 183 Å². The molecule has 0 amide bonds. The van der Waals surface area contributed by atoms with Crippen molar-refractivity contribution in [2.45, 2.75) is 61.9 Å². The first-order valence-electron chi connectivity index (χ1n) is 10.7. The molecule has 0 unspecified atom stereocenters. The fourth-order valence-corrected chi connectivity index (χ4v) is 5.33. The molecular weight excluding hydrogens is 423 g/mol. The van der Waals surface area contributed by atoms with Crippen LogP contribution >= 0.6 is 0 Å². The molecule has 1 fully saturated rings. The lowest BCUT2D eigenvalue weighted by Crippen LogP contribution is -2.48. The zero-order valence-electron chi connectivity index (χ0n) is 17.9. The van der Waals surface area contributed by atoms with Gasteiger partial charge in [0.15, 0.2) is 5.78 Å². The largest absolute Gasteiger partial charge is 0.490 e. The second kappa shape index (κ2) is 9.87. The summed E-state index contributed by atoms with van der Waals surface area (Å²) in [5, 5.41) is 29.5. The molecule has 172 valence electrons. The fourth-order valence-electron chi connectivity index (χ4n) is 4.02. The molecular formula is C20H31BN2O7S. The van der Waals surface area contributed by atoms with Crippen molar-refractivity contribution in [1.82, 2.24) is 4.72 Å². The third kappa shape index (κ3) is 5.78. The van der Waals surface area contributed by atoms with Crippen molar-refractivity contribution >= 4 is 28.6 Å². The van der Waals surface area contributed by atoms with E-state index in [1.165, 1.54) is 19.1 Å². The van der Waals surface area contributed by atoms with Crippen molar-refractivity contribution in [1.29, 1.82) is 0 Å². The topological polar surface area (TPSA) is 136 Å². The molecule has 1 heterocycles. The molecule has 11 heteroatoms. The van der Waals surface area contributed by atoms with Crippen LogP contribution in [0.4, 0.5) is 5.69 Å². The molecule has 3 atom stereocenters. The van der Waals surface area contributed by atoms with E-state index in [0.717, 1.165) is 19.3 Å². The SMILES string of the molecule is C[C@H](O)[C@H](NS(=O)(=O)c1ccc2c(c1)N(C)CCO2)C(=O)C[C@@H](CC1CCC1)B(O)O. The first-order valence-corrected chi connectivity index (χ1v) is 12.1. The molecule has 31 heavy (non-hydrogen) atoms. The Bertz CT molecular complexity index is 890. The third-order valence-corrected chi connectivity index (χ3v) is 7.63. The maximum Gasteiger partial charge on any atom is 0.455 e. The molecule has 1 aromatic carbocycles. The van der Waals surface area contributed by atoms with Gasteiger partial charge < -0.3 is 24.8 Å². The number of nitrogens with one attached hydrogen (secondary N) is 1. The van der Waals surface area contributed by atoms with Gasteiger partial charge >= 0.3 is 7.12 Å². The lowest BCUT2D eigenvalue weighted by Gasteiger charge is -2.30. The van der Waals surface area contributed by atoms with Crippen LogP contribution < -0.4 is 14.4 Å². The number of ether oxygens (including phenoxy) is 1. The van der Waals surface area contributed by atoms with E-state index in [-0.39, 0.29) is 11.3 Å². The normalized spacial score (nSPS) is 19.6. The maximum atomic E-state index is 13.0. The number of rotatable bonds is 10. The highest BCUT2D eigenvalue weighted by molar-refractivity contribution is 7.89. The number of ketones is 1. The quantitative estimate of drug-likeness (QED) is 0.376. The molecule has 0 bridgehead atoms. The molecule has 2 aliphatic rings. The fraction of sp³-hybridized carbons (Fsp3) is 0.650. The van der Waals surface area contributed by atoms with Crippen LogP contribution in [0.2, 0.25) is 5.82 Å². The molecule has 1 aliphatic heterocycles. The smallest absolute Gasteiger partial charge is 0.455 e. The van der Waals surface area contributed by atoms with E-state index in [0.29, 0.717) is 36.9 Å². The predicted octanol–water partition coefficient (Wildman–Crippen LogP) is 0.535. The molecule has 1 aromatic rings.